The van der Waals surface area contributed by atoms with Gasteiger partial charge in [-0.25, -0.2) is 0 Å². The van der Waals surface area contributed by atoms with Gasteiger partial charge in [-0.1, -0.05) is 35.3 Å². The van der Waals surface area contributed by atoms with E-state index in [2.05, 4.69) is 6.07 Å². The van der Waals surface area contributed by atoms with Gasteiger partial charge in [-0.2, -0.15) is 5.26 Å². The Kier molecular flexibility index (Phi) is 3.86. The van der Waals surface area contributed by atoms with E-state index < -0.39 is 0 Å². The molecule has 0 fully saturated rings. The molecule has 0 spiro atoms. The minimum atomic E-state index is 0.575. The van der Waals surface area contributed by atoms with E-state index in [0.29, 0.717) is 14.9 Å². The number of rotatable bonds is 2. The van der Waals surface area contributed by atoms with Crippen LogP contribution in [0.5, 0.6) is 0 Å². The third kappa shape index (κ3) is 3.10. The van der Waals surface area contributed by atoms with Crippen LogP contribution in [0.3, 0.4) is 0 Å². The molecule has 0 atom stereocenters. The fourth-order valence-electron chi connectivity index (χ4n) is 1.38. The molecule has 0 radical (unpaired) electrons. The molecule has 2 rings (SSSR count). The first kappa shape index (κ1) is 12.2. The Morgan fingerprint density at radius 1 is 1.24 bits per heavy atom. The zero-order valence-corrected chi connectivity index (χ0v) is 11.0. The Hall–Kier alpha value is -1.27. The Bertz CT molecular complexity index is 608. The fraction of sp³-hybridized carbons (Fsp3) is 0. The highest BCUT2D eigenvalue weighted by atomic mass is 35.5. The normalized spacial score (nSPS) is 11.2. The van der Waals surface area contributed by atoms with Crippen molar-refractivity contribution in [3.63, 3.8) is 0 Å². The third-order valence-corrected chi connectivity index (χ3v) is 3.55. The average Bonchev–Trinajstić information content (AvgIpc) is 2.72. The summed E-state index contributed by atoms with van der Waals surface area (Å²) >= 11 is 13.2. The molecule has 0 bridgehead atoms. The quantitative estimate of drug-likeness (QED) is 0.700. The number of allylic oxidation sites excluding steroid dienone is 1. The van der Waals surface area contributed by atoms with E-state index in [0.717, 1.165) is 10.4 Å². The second kappa shape index (κ2) is 5.37. The van der Waals surface area contributed by atoms with Crippen LogP contribution in [-0.2, 0) is 0 Å². The summed E-state index contributed by atoms with van der Waals surface area (Å²) in [4.78, 5) is 0.950. The highest BCUT2D eigenvalue weighted by molar-refractivity contribution is 7.17. The molecule has 84 valence electrons. The van der Waals surface area contributed by atoms with E-state index in [1.807, 2.05) is 30.3 Å². The van der Waals surface area contributed by atoms with E-state index in [-0.39, 0.29) is 0 Å². The highest BCUT2D eigenvalue weighted by Gasteiger charge is 2.03. The van der Waals surface area contributed by atoms with Crippen molar-refractivity contribution < 1.29 is 0 Å². The number of benzene rings is 1. The van der Waals surface area contributed by atoms with Crippen molar-refractivity contribution in [3.05, 3.63) is 56.2 Å². The maximum Gasteiger partial charge on any atom is 0.0998 e. The smallest absolute Gasteiger partial charge is 0.0998 e. The number of hydrogen-bond donors (Lipinski definition) is 0. The summed E-state index contributed by atoms with van der Waals surface area (Å²) in [7, 11) is 0. The van der Waals surface area contributed by atoms with Crippen LogP contribution in [0.2, 0.25) is 9.36 Å². The van der Waals surface area contributed by atoms with Crippen LogP contribution < -0.4 is 0 Å². The zero-order chi connectivity index (χ0) is 12.3. The number of nitriles is 1. The molecule has 0 saturated heterocycles. The van der Waals surface area contributed by atoms with Crippen LogP contribution in [0.15, 0.2) is 36.4 Å². The first-order chi connectivity index (χ1) is 8.19. The maximum absolute atomic E-state index is 9.15. The maximum atomic E-state index is 9.15. The van der Waals surface area contributed by atoms with Crippen LogP contribution in [0, 0.1) is 11.3 Å². The van der Waals surface area contributed by atoms with Crippen LogP contribution in [0.4, 0.5) is 0 Å². The molecule has 0 N–H and O–H groups in total. The second-order valence-electron chi connectivity index (χ2n) is 3.32. The van der Waals surface area contributed by atoms with Gasteiger partial charge in [0, 0.05) is 9.90 Å². The largest absolute Gasteiger partial charge is 0.192 e. The van der Waals surface area contributed by atoms with Crippen molar-refractivity contribution in [1.29, 1.82) is 5.26 Å². The molecule has 0 aliphatic heterocycles. The number of thiophene rings is 1. The lowest BCUT2D eigenvalue weighted by molar-refractivity contribution is 1.52. The van der Waals surface area contributed by atoms with Gasteiger partial charge in [-0.15, -0.1) is 11.3 Å². The zero-order valence-electron chi connectivity index (χ0n) is 8.65. The standard InChI is InChI=1S/C13H7Cl2NS/c14-11-3-1-2-9(6-11)10(8-16)7-12-4-5-13(15)17-12/h1-7H/b10-7-. The van der Waals surface area contributed by atoms with Gasteiger partial charge in [0.2, 0.25) is 0 Å². The van der Waals surface area contributed by atoms with Gasteiger partial charge >= 0.3 is 0 Å². The third-order valence-electron chi connectivity index (χ3n) is 2.14. The molecule has 1 heterocycles. The molecule has 0 unspecified atom stereocenters. The monoisotopic (exact) mass is 279 g/mol. The van der Waals surface area contributed by atoms with Crippen LogP contribution in [-0.4, -0.2) is 0 Å². The number of halogens is 2. The van der Waals surface area contributed by atoms with E-state index in [1.165, 1.54) is 11.3 Å². The molecule has 2 aromatic rings. The minimum absolute atomic E-state index is 0.575. The predicted molar refractivity (Wildman–Crippen MR) is 74.3 cm³/mol. The van der Waals surface area contributed by atoms with Crippen molar-refractivity contribution in [1.82, 2.24) is 0 Å². The molecular formula is C13H7Cl2NS. The topological polar surface area (TPSA) is 23.8 Å². The molecule has 1 nitrogen and oxygen atoms in total. The summed E-state index contributed by atoms with van der Waals surface area (Å²) in [5.74, 6) is 0. The summed E-state index contributed by atoms with van der Waals surface area (Å²) in [5.41, 5.74) is 1.38. The molecule has 0 aliphatic rings. The van der Waals surface area contributed by atoms with Crippen molar-refractivity contribution in [2.75, 3.05) is 0 Å². The lowest BCUT2D eigenvalue weighted by atomic mass is 10.1. The summed E-state index contributed by atoms with van der Waals surface area (Å²) in [6.45, 7) is 0. The SMILES string of the molecule is N#C/C(=C/c1ccc(Cl)s1)c1cccc(Cl)c1. The van der Waals surface area contributed by atoms with Crippen LogP contribution >= 0.6 is 34.5 Å². The summed E-state index contributed by atoms with van der Waals surface area (Å²) < 4.78 is 0.708. The van der Waals surface area contributed by atoms with Gasteiger partial charge in [0.05, 0.1) is 16.0 Å². The predicted octanol–water partition coefficient (Wildman–Crippen LogP) is 5.12. The first-order valence-electron chi connectivity index (χ1n) is 4.82. The van der Waals surface area contributed by atoms with Crippen LogP contribution in [0.1, 0.15) is 10.4 Å². The fourth-order valence-corrected chi connectivity index (χ4v) is 2.58. The van der Waals surface area contributed by atoms with Gasteiger partial charge in [-0.05, 0) is 35.9 Å². The Balaban J connectivity index is 2.41. The van der Waals surface area contributed by atoms with Crippen molar-refractivity contribution in [2.45, 2.75) is 0 Å². The Morgan fingerprint density at radius 2 is 2.06 bits per heavy atom. The summed E-state index contributed by atoms with van der Waals surface area (Å²) in [6.07, 6.45) is 1.81. The van der Waals surface area contributed by atoms with Gasteiger partial charge in [0.25, 0.3) is 0 Å². The Labute approximate surface area is 114 Å². The average molecular weight is 280 g/mol. The van der Waals surface area contributed by atoms with Crippen molar-refractivity contribution in [2.24, 2.45) is 0 Å². The Morgan fingerprint density at radius 3 is 2.65 bits per heavy atom. The van der Waals surface area contributed by atoms with Gasteiger partial charge in [0.1, 0.15) is 0 Å². The van der Waals surface area contributed by atoms with E-state index >= 15 is 0 Å². The number of nitrogens with zero attached hydrogens (tertiary/aromatic N) is 1. The van der Waals surface area contributed by atoms with Crippen molar-refractivity contribution in [3.8, 4) is 6.07 Å². The van der Waals surface area contributed by atoms with E-state index in [1.54, 1.807) is 12.1 Å². The van der Waals surface area contributed by atoms with Gasteiger partial charge in [-0.3, -0.25) is 0 Å². The minimum Gasteiger partial charge on any atom is -0.192 e. The molecule has 1 aromatic heterocycles. The highest BCUT2D eigenvalue weighted by Crippen LogP contribution is 2.26. The molecule has 1 aromatic carbocycles. The van der Waals surface area contributed by atoms with Crippen molar-refractivity contribution >= 4 is 46.2 Å². The summed E-state index contributed by atoms with van der Waals surface area (Å²) in [5, 5.41) is 9.77. The lowest BCUT2D eigenvalue weighted by Crippen LogP contribution is -1.80. The second-order valence-corrected chi connectivity index (χ2v) is 5.51. The van der Waals surface area contributed by atoms with E-state index in [9.17, 15) is 0 Å². The van der Waals surface area contributed by atoms with Crippen LogP contribution in [0.25, 0.3) is 11.6 Å². The van der Waals surface area contributed by atoms with Gasteiger partial charge < -0.3 is 0 Å². The first-order valence-corrected chi connectivity index (χ1v) is 6.39. The molecule has 4 heteroatoms. The molecule has 0 amide bonds. The lowest BCUT2D eigenvalue weighted by Gasteiger charge is -1.98. The molecule has 17 heavy (non-hydrogen) atoms. The summed E-state index contributed by atoms with van der Waals surface area (Å²) in [6, 6.07) is 13.1. The number of hydrogen-bond acceptors (Lipinski definition) is 2. The van der Waals surface area contributed by atoms with E-state index in [4.69, 9.17) is 28.5 Å². The molecule has 0 saturated carbocycles. The van der Waals surface area contributed by atoms with Gasteiger partial charge in [0.15, 0.2) is 0 Å². The molecular weight excluding hydrogens is 273 g/mol. The molecule has 0 aliphatic carbocycles.